The minimum Gasteiger partial charge on any atom is -0.506 e. The number of hydrogen-bond acceptors (Lipinski definition) is 6. The van der Waals surface area contributed by atoms with Gasteiger partial charge < -0.3 is 14.7 Å². The number of aliphatic hydroxyl groups excluding tert-OH is 1. The number of benzene rings is 2. The lowest BCUT2D eigenvalue weighted by Crippen LogP contribution is -2.21. The highest BCUT2D eigenvalue weighted by Crippen LogP contribution is 2.40. The van der Waals surface area contributed by atoms with E-state index in [4.69, 9.17) is 16.3 Å². The van der Waals surface area contributed by atoms with E-state index in [0.29, 0.717) is 20.7 Å². The molecule has 0 saturated carbocycles. The summed E-state index contributed by atoms with van der Waals surface area (Å²) in [5.41, 5.74) is 2.71. The van der Waals surface area contributed by atoms with Crippen molar-refractivity contribution in [2.75, 3.05) is 24.6 Å². The summed E-state index contributed by atoms with van der Waals surface area (Å²) in [7, 11) is 0. The molecule has 7 heteroatoms. The van der Waals surface area contributed by atoms with E-state index in [0.717, 1.165) is 24.3 Å². The van der Waals surface area contributed by atoms with E-state index in [9.17, 15) is 9.90 Å². The van der Waals surface area contributed by atoms with Gasteiger partial charge in [-0.3, -0.25) is 0 Å². The van der Waals surface area contributed by atoms with Gasteiger partial charge >= 0.3 is 5.97 Å². The molecular formula is C24H25ClN2O3S. The maximum Gasteiger partial charge on any atom is 0.344 e. The lowest BCUT2D eigenvalue weighted by Gasteiger charge is -2.20. The van der Waals surface area contributed by atoms with Gasteiger partial charge in [0, 0.05) is 23.8 Å². The molecule has 1 aliphatic rings. The number of ether oxygens (including phenoxy) is 1. The van der Waals surface area contributed by atoms with Crippen molar-refractivity contribution in [1.29, 1.82) is 0 Å². The smallest absolute Gasteiger partial charge is 0.344 e. The van der Waals surface area contributed by atoms with Crippen molar-refractivity contribution >= 4 is 51.8 Å². The van der Waals surface area contributed by atoms with Crippen molar-refractivity contribution in [2.45, 2.75) is 20.8 Å². The molecule has 0 bridgehead atoms. The van der Waals surface area contributed by atoms with Gasteiger partial charge in [-0.15, -0.1) is 0 Å². The van der Waals surface area contributed by atoms with Gasteiger partial charge in [-0.05, 0) is 62.7 Å². The maximum atomic E-state index is 12.5. The SMILES string of the molecule is CCOC(=O)C1=C(O)/C(=C/c2ccc(N(CC)CC)cc2)SC1=Nc1cccc(Cl)c1. The number of carbonyl (C=O) groups excluding carboxylic acids is 1. The first-order valence-electron chi connectivity index (χ1n) is 10.2. The average Bonchev–Trinajstić information content (AvgIpc) is 3.05. The summed E-state index contributed by atoms with van der Waals surface area (Å²) in [4.78, 5) is 19.8. The molecule has 0 spiro atoms. The van der Waals surface area contributed by atoms with Gasteiger partial charge in [0.1, 0.15) is 16.4 Å². The van der Waals surface area contributed by atoms with Crippen molar-refractivity contribution < 1.29 is 14.6 Å². The van der Waals surface area contributed by atoms with Crippen LogP contribution in [0.25, 0.3) is 6.08 Å². The lowest BCUT2D eigenvalue weighted by molar-refractivity contribution is -0.138. The van der Waals surface area contributed by atoms with Crippen LogP contribution >= 0.6 is 23.4 Å². The standard InChI is InChI=1S/C24H25ClN2O3S/c1-4-27(5-2)19-12-10-16(11-13-19)14-20-22(28)21(24(29)30-6-3)23(31-20)26-18-9-7-8-17(25)15-18/h7-15,28H,4-6H2,1-3H3/b20-14-,26-23?. The first-order valence-corrected chi connectivity index (χ1v) is 11.4. The summed E-state index contributed by atoms with van der Waals surface area (Å²) in [5.74, 6) is -0.731. The highest BCUT2D eigenvalue weighted by Gasteiger charge is 2.33. The van der Waals surface area contributed by atoms with Crippen LogP contribution in [0.4, 0.5) is 11.4 Å². The van der Waals surface area contributed by atoms with Gasteiger partial charge in [0.05, 0.1) is 17.2 Å². The number of rotatable bonds is 7. The van der Waals surface area contributed by atoms with E-state index in [2.05, 4.69) is 23.7 Å². The number of nitrogens with zero attached hydrogens (tertiary/aromatic N) is 2. The Labute approximate surface area is 192 Å². The van der Waals surface area contributed by atoms with Crippen molar-refractivity contribution in [1.82, 2.24) is 0 Å². The number of carbonyl (C=O) groups is 1. The quantitative estimate of drug-likeness (QED) is 0.490. The third-order valence-electron chi connectivity index (χ3n) is 4.73. The zero-order valence-electron chi connectivity index (χ0n) is 17.8. The van der Waals surface area contributed by atoms with Gasteiger partial charge in [-0.1, -0.05) is 41.6 Å². The average molecular weight is 457 g/mol. The third-order valence-corrected chi connectivity index (χ3v) is 5.98. The van der Waals surface area contributed by atoms with Gasteiger partial charge in [-0.2, -0.15) is 0 Å². The first kappa shape index (κ1) is 23.0. The molecule has 0 radical (unpaired) electrons. The Kier molecular flexibility index (Phi) is 7.82. The molecule has 2 aromatic carbocycles. The van der Waals surface area contributed by atoms with Crippen LogP contribution in [-0.4, -0.2) is 35.8 Å². The minimum absolute atomic E-state index is 0.0674. The van der Waals surface area contributed by atoms with Gasteiger partial charge in [0.15, 0.2) is 0 Å². The summed E-state index contributed by atoms with van der Waals surface area (Å²) in [6, 6.07) is 15.1. The van der Waals surface area contributed by atoms with Crippen LogP contribution in [0.1, 0.15) is 26.3 Å². The second-order valence-electron chi connectivity index (χ2n) is 6.72. The summed E-state index contributed by atoms with van der Waals surface area (Å²) >= 11 is 7.28. The normalized spacial score (nSPS) is 16.3. The van der Waals surface area contributed by atoms with E-state index >= 15 is 0 Å². The second kappa shape index (κ2) is 10.6. The van der Waals surface area contributed by atoms with E-state index in [1.165, 1.54) is 11.8 Å². The molecule has 5 nitrogen and oxygen atoms in total. The zero-order chi connectivity index (χ0) is 22.4. The molecule has 3 rings (SSSR count). The summed E-state index contributed by atoms with van der Waals surface area (Å²) in [6.07, 6.45) is 1.84. The van der Waals surface area contributed by atoms with Crippen molar-refractivity contribution in [3.05, 3.63) is 75.4 Å². The van der Waals surface area contributed by atoms with Crippen LogP contribution in [0.2, 0.25) is 5.02 Å². The van der Waals surface area contributed by atoms with E-state index in [1.807, 2.05) is 30.3 Å². The number of hydrogen-bond donors (Lipinski definition) is 1. The molecule has 1 N–H and O–H groups in total. The molecule has 162 valence electrons. The van der Waals surface area contributed by atoms with Crippen LogP contribution in [0.15, 0.2) is 69.8 Å². The number of aliphatic imine (C=N–C) groups is 1. The summed E-state index contributed by atoms with van der Waals surface area (Å²) in [5, 5.41) is 11.7. The van der Waals surface area contributed by atoms with Crippen molar-refractivity contribution in [2.24, 2.45) is 4.99 Å². The summed E-state index contributed by atoms with van der Waals surface area (Å²) < 4.78 is 5.14. The number of thioether (sulfide) groups is 1. The molecule has 2 aromatic rings. The fourth-order valence-electron chi connectivity index (χ4n) is 3.18. The van der Waals surface area contributed by atoms with Crippen LogP contribution < -0.4 is 4.90 Å². The molecule has 1 aliphatic heterocycles. The predicted molar refractivity (Wildman–Crippen MR) is 130 cm³/mol. The number of aliphatic hydroxyl groups is 1. The highest BCUT2D eigenvalue weighted by atomic mass is 35.5. The monoisotopic (exact) mass is 456 g/mol. The lowest BCUT2D eigenvalue weighted by atomic mass is 10.1. The van der Waals surface area contributed by atoms with Crippen LogP contribution in [-0.2, 0) is 9.53 Å². The fourth-order valence-corrected chi connectivity index (χ4v) is 4.40. The Hall–Kier alpha value is -2.70. The first-order chi connectivity index (χ1) is 15.0. The van der Waals surface area contributed by atoms with E-state index < -0.39 is 5.97 Å². The van der Waals surface area contributed by atoms with Crippen LogP contribution in [0.5, 0.6) is 0 Å². The van der Waals surface area contributed by atoms with Gasteiger partial charge in [0.25, 0.3) is 0 Å². The van der Waals surface area contributed by atoms with E-state index in [1.54, 1.807) is 31.2 Å². The Morgan fingerprint density at radius 3 is 2.48 bits per heavy atom. The second-order valence-corrected chi connectivity index (χ2v) is 8.18. The number of esters is 1. The number of halogens is 1. The van der Waals surface area contributed by atoms with Crippen LogP contribution in [0, 0.1) is 0 Å². The predicted octanol–water partition coefficient (Wildman–Crippen LogP) is 6.38. The number of anilines is 1. The molecule has 0 atom stereocenters. The van der Waals surface area contributed by atoms with E-state index in [-0.39, 0.29) is 17.9 Å². The van der Waals surface area contributed by atoms with Gasteiger partial charge in [-0.25, -0.2) is 9.79 Å². The molecule has 0 unspecified atom stereocenters. The molecule has 0 amide bonds. The Morgan fingerprint density at radius 1 is 1.16 bits per heavy atom. The Balaban J connectivity index is 1.96. The third kappa shape index (κ3) is 5.51. The molecule has 31 heavy (non-hydrogen) atoms. The Bertz CT molecular complexity index is 1040. The molecular weight excluding hydrogens is 432 g/mol. The zero-order valence-corrected chi connectivity index (χ0v) is 19.3. The largest absolute Gasteiger partial charge is 0.506 e. The molecule has 0 aromatic heterocycles. The maximum absolute atomic E-state index is 12.5. The topological polar surface area (TPSA) is 62.1 Å². The molecule has 0 aliphatic carbocycles. The van der Waals surface area contributed by atoms with Gasteiger partial charge in [0.2, 0.25) is 0 Å². The minimum atomic E-state index is -0.603. The summed E-state index contributed by atoms with van der Waals surface area (Å²) in [6.45, 7) is 8.03. The molecule has 0 fully saturated rings. The highest BCUT2D eigenvalue weighted by molar-refractivity contribution is 8.18. The van der Waals surface area contributed by atoms with Crippen molar-refractivity contribution in [3.8, 4) is 0 Å². The van der Waals surface area contributed by atoms with Crippen molar-refractivity contribution in [3.63, 3.8) is 0 Å². The van der Waals surface area contributed by atoms with Crippen LogP contribution in [0.3, 0.4) is 0 Å². The molecule has 1 heterocycles. The Morgan fingerprint density at radius 2 is 1.87 bits per heavy atom. The molecule has 0 saturated heterocycles. The fraction of sp³-hybridized carbons (Fsp3) is 0.250.